The molecule has 2 aromatic heterocycles. The third-order valence-electron chi connectivity index (χ3n) is 7.86. The number of hydrogen-bond donors (Lipinski definition) is 3. The molecule has 2 fully saturated rings. The van der Waals surface area contributed by atoms with Gasteiger partial charge in [-0.15, -0.1) is 0 Å². The number of aliphatic hydroxyl groups is 2. The summed E-state index contributed by atoms with van der Waals surface area (Å²) in [5, 5.41) is 30.3. The van der Waals surface area contributed by atoms with Gasteiger partial charge in [0.2, 0.25) is 11.8 Å². The standard InChI is InChI=1S/C28H33BN2O7/c1-2-11-31-27(34)21-13-18(15-32)25-22(26(21)28(31)35)14-29(36)38-24(25)9-6-17(23-5-3-4-10-30-23)12-19-7-8-20(16-33)37-19/h3-5,7-8,10,12,21-22,24,26,32-33,36H,2,6,9,11,13-16H2,1H3/b17-12-/t21-,22+,24-,26-/m1/s1. The van der Waals surface area contributed by atoms with Gasteiger partial charge in [-0.25, -0.2) is 0 Å². The number of aromatic nitrogens is 1. The molecule has 2 aliphatic heterocycles. The fourth-order valence-electron chi connectivity index (χ4n) is 6.26. The summed E-state index contributed by atoms with van der Waals surface area (Å²) in [6, 6.07) is 9.12. The Balaban J connectivity index is 1.44. The van der Waals surface area contributed by atoms with Crippen molar-refractivity contribution in [3.8, 4) is 0 Å². The zero-order valence-corrected chi connectivity index (χ0v) is 21.5. The molecular weight excluding hydrogens is 487 g/mol. The van der Waals surface area contributed by atoms with E-state index in [9.17, 15) is 24.8 Å². The SMILES string of the molecule is CCCN1C(=O)[C@@H]2[C@@H](CC(CO)=C3[C@@H](CC/C(=C/c4ccc(CO)o4)c4ccccn4)OB(O)C[C@@H]32)C1=O. The third kappa shape index (κ3) is 5.01. The second-order valence-corrected chi connectivity index (χ2v) is 10.2. The van der Waals surface area contributed by atoms with Crippen LogP contribution >= 0.6 is 0 Å². The molecule has 38 heavy (non-hydrogen) atoms. The molecule has 2 amide bonds. The van der Waals surface area contributed by atoms with Gasteiger partial charge in [-0.3, -0.25) is 19.5 Å². The van der Waals surface area contributed by atoms with Crippen molar-refractivity contribution in [2.24, 2.45) is 17.8 Å². The number of allylic oxidation sites excluding steroid dienone is 1. The highest BCUT2D eigenvalue weighted by molar-refractivity contribution is 6.43. The average molecular weight is 520 g/mol. The first-order valence-corrected chi connectivity index (χ1v) is 13.3. The molecule has 0 spiro atoms. The van der Waals surface area contributed by atoms with Crippen LogP contribution in [0, 0.1) is 17.8 Å². The van der Waals surface area contributed by atoms with Crippen molar-refractivity contribution in [3.05, 3.63) is 64.9 Å². The molecule has 4 heterocycles. The lowest BCUT2D eigenvalue weighted by Gasteiger charge is -2.43. The van der Waals surface area contributed by atoms with E-state index in [-0.39, 0.29) is 37.3 Å². The highest BCUT2D eigenvalue weighted by atomic mass is 16.5. The molecule has 3 N–H and O–H groups in total. The van der Waals surface area contributed by atoms with E-state index >= 15 is 0 Å². The summed E-state index contributed by atoms with van der Waals surface area (Å²) in [5.74, 6) is -0.709. The number of amides is 2. The molecule has 10 heteroatoms. The summed E-state index contributed by atoms with van der Waals surface area (Å²) >= 11 is 0. The van der Waals surface area contributed by atoms with Gasteiger partial charge in [0.05, 0.1) is 30.2 Å². The Hall–Kier alpha value is -3.05. The van der Waals surface area contributed by atoms with Crippen molar-refractivity contribution in [3.63, 3.8) is 0 Å². The number of likely N-dealkylation sites (tertiary alicyclic amines) is 1. The van der Waals surface area contributed by atoms with Gasteiger partial charge in [-0.1, -0.05) is 13.0 Å². The van der Waals surface area contributed by atoms with Gasteiger partial charge in [0.15, 0.2) is 0 Å². The molecule has 5 rings (SSSR count). The number of nitrogens with zero attached hydrogens (tertiary/aromatic N) is 2. The monoisotopic (exact) mass is 520 g/mol. The number of fused-ring (bicyclic) bond motifs is 3. The summed E-state index contributed by atoms with van der Waals surface area (Å²) in [6.45, 7) is 1.89. The Bertz CT molecular complexity index is 1240. The Morgan fingerprint density at radius 3 is 2.68 bits per heavy atom. The molecule has 200 valence electrons. The fourth-order valence-corrected chi connectivity index (χ4v) is 6.26. The molecule has 9 nitrogen and oxygen atoms in total. The summed E-state index contributed by atoms with van der Waals surface area (Å²) in [4.78, 5) is 32.3. The average Bonchev–Trinajstić information content (AvgIpc) is 3.48. The van der Waals surface area contributed by atoms with Crippen LogP contribution in [0.5, 0.6) is 0 Å². The van der Waals surface area contributed by atoms with Gasteiger partial charge in [0, 0.05) is 12.7 Å². The third-order valence-corrected chi connectivity index (χ3v) is 7.86. The van der Waals surface area contributed by atoms with Gasteiger partial charge in [-0.05, 0) is 85.0 Å². The fraction of sp³-hybridized carbons (Fsp3) is 0.464. The van der Waals surface area contributed by atoms with E-state index in [0.717, 1.165) is 22.4 Å². The summed E-state index contributed by atoms with van der Waals surface area (Å²) < 4.78 is 11.7. The minimum atomic E-state index is -1.07. The van der Waals surface area contributed by atoms with Crippen LogP contribution in [0.1, 0.15) is 49.8 Å². The lowest BCUT2D eigenvalue weighted by atomic mass is 9.58. The van der Waals surface area contributed by atoms with Gasteiger partial charge in [0.25, 0.3) is 0 Å². The molecule has 4 atom stereocenters. The molecule has 1 aliphatic carbocycles. The first kappa shape index (κ1) is 26.6. The second kappa shape index (κ2) is 11.4. The summed E-state index contributed by atoms with van der Waals surface area (Å²) in [7, 11) is -1.07. The lowest BCUT2D eigenvalue weighted by molar-refractivity contribution is -0.140. The largest absolute Gasteiger partial charge is 0.459 e. The molecular formula is C28H33BN2O7. The molecule has 2 saturated heterocycles. The zero-order chi connectivity index (χ0) is 26.8. The molecule has 0 saturated carbocycles. The number of hydrogen-bond acceptors (Lipinski definition) is 8. The number of carbonyl (C=O) groups is 2. The Morgan fingerprint density at radius 1 is 1.16 bits per heavy atom. The van der Waals surface area contributed by atoms with Crippen LogP contribution in [0.2, 0.25) is 6.32 Å². The number of imide groups is 1. The number of furan rings is 1. The van der Waals surface area contributed by atoms with Crippen molar-refractivity contribution >= 4 is 30.6 Å². The predicted octanol–water partition coefficient (Wildman–Crippen LogP) is 2.69. The topological polar surface area (TPSA) is 133 Å². The van der Waals surface area contributed by atoms with Gasteiger partial charge in [-0.2, -0.15) is 0 Å². The predicted molar refractivity (Wildman–Crippen MR) is 140 cm³/mol. The van der Waals surface area contributed by atoms with E-state index in [1.165, 1.54) is 4.90 Å². The van der Waals surface area contributed by atoms with E-state index in [1.807, 2.05) is 31.2 Å². The van der Waals surface area contributed by atoms with Crippen LogP contribution in [0.4, 0.5) is 0 Å². The quantitative estimate of drug-likeness (QED) is 0.261. The minimum Gasteiger partial charge on any atom is -0.459 e. The Labute approximate surface area is 222 Å². The normalized spacial score (nSPS) is 25.7. The minimum absolute atomic E-state index is 0.176. The number of rotatable bonds is 9. The first-order chi connectivity index (χ1) is 18.4. The van der Waals surface area contributed by atoms with E-state index in [1.54, 1.807) is 18.3 Å². The molecule has 0 aromatic carbocycles. The second-order valence-electron chi connectivity index (χ2n) is 10.2. The summed E-state index contributed by atoms with van der Waals surface area (Å²) in [6.07, 6.45) is 5.27. The number of pyridine rings is 1. The Morgan fingerprint density at radius 2 is 2.00 bits per heavy atom. The van der Waals surface area contributed by atoms with E-state index in [0.29, 0.717) is 43.7 Å². The Kier molecular flexibility index (Phi) is 7.94. The molecule has 2 aromatic rings. The van der Waals surface area contributed by atoms with Gasteiger partial charge < -0.3 is 24.3 Å². The molecule has 0 radical (unpaired) electrons. The van der Waals surface area contributed by atoms with Crippen molar-refractivity contribution in [1.29, 1.82) is 0 Å². The van der Waals surface area contributed by atoms with Crippen LogP contribution < -0.4 is 0 Å². The first-order valence-electron chi connectivity index (χ1n) is 13.3. The van der Waals surface area contributed by atoms with E-state index in [2.05, 4.69) is 4.98 Å². The number of aliphatic hydroxyl groups excluding tert-OH is 2. The molecule has 3 aliphatic rings. The van der Waals surface area contributed by atoms with Crippen LogP contribution in [0.15, 0.2) is 52.1 Å². The van der Waals surface area contributed by atoms with Crippen molar-refractivity contribution < 1.29 is 33.9 Å². The van der Waals surface area contributed by atoms with Crippen molar-refractivity contribution in [2.45, 2.75) is 51.6 Å². The van der Waals surface area contributed by atoms with E-state index < -0.39 is 25.1 Å². The number of carbonyl (C=O) groups excluding carboxylic acids is 2. The molecule has 0 bridgehead atoms. The van der Waals surface area contributed by atoms with Crippen LogP contribution in [-0.4, -0.2) is 63.3 Å². The zero-order valence-electron chi connectivity index (χ0n) is 21.5. The van der Waals surface area contributed by atoms with Gasteiger partial charge >= 0.3 is 7.12 Å². The van der Waals surface area contributed by atoms with E-state index in [4.69, 9.17) is 9.07 Å². The maximum atomic E-state index is 13.3. The van der Waals surface area contributed by atoms with Crippen LogP contribution in [0.3, 0.4) is 0 Å². The maximum Gasteiger partial charge on any atom is 0.455 e. The van der Waals surface area contributed by atoms with Crippen molar-refractivity contribution in [1.82, 2.24) is 9.88 Å². The highest BCUT2D eigenvalue weighted by Crippen LogP contribution is 2.50. The van der Waals surface area contributed by atoms with Crippen LogP contribution in [0.25, 0.3) is 11.6 Å². The lowest BCUT2D eigenvalue weighted by Crippen LogP contribution is -2.46. The highest BCUT2D eigenvalue weighted by Gasteiger charge is 2.56. The van der Waals surface area contributed by atoms with Crippen molar-refractivity contribution in [2.75, 3.05) is 13.2 Å². The smallest absolute Gasteiger partial charge is 0.455 e. The van der Waals surface area contributed by atoms with Gasteiger partial charge in [0.1, 0.15) is 18.1 Å². The van der Waals surface area contributed by atoms with Crippen LogP contribution in [-0.2, 0) is 20.9 Å². The molecule has 0 unspecified atom stereocenters. The maximum absolute atomic E-state index is 13.3. The summed E-state index contributed by atoms with van der Waals surface area (Å²) in [5.41, 5.74) is 3.22.